The van der Waals surface area contributed by atoms with Crippen molar-refractivity contribution in [2.75, 3.05) is 7.11 Å². The molecule has 0 saturated carbocycles. The first-order valence-electron chi connectivity index (χ1n) is 5.07. The maximum absolute atomic E-state index is 5.05. The summed E-state index contributed by atoms with van der Waals surface area (Å²) in [5.74, 6) is 0. The van der Waals surface area contributed by atoms with E-state index in [1.807, 2.05) is 18.5 Å². The lowest BCUT2D eigenvalue weighted by Gasteiger charge is -2.01. The molecule has 0 unspecified atom stereocenters. The van der Waals surface area contributed by atoms with Gasteiger partial charge in [-0.05, 0) is 25.0 Å². The normalized spacial score (nSPS) is 10.7. The van der Waals surface area contributed by atoms with Crippen molar-refractivity contribution in [3.8, 4) is 10.7 Å². The van der Waals surface area contributed by atoms with E-state index in [4.69, 9.17) is 4.74 Å². The van der Waals surface area contributed by atoms with Crippen LogP contribution in [-0.2, 0) is 11.3 Å². The maximum Gasteiger partial charge on any atom is 0.142 e. The first-order chi connectivity index (χ1) is 7.70. The summed E-state index contributed by atoms with van der Waals surface area (Å²) < 4.78 is 5.05. The minimum Gasteiger partial charge on any atom is -0.378 e. The van der Waals surface area contributed by atoms with Gasteiger partial charge in [-0.2, -0.15) is 0 Å². The summed E-state index contributed by atoms with van der Waals surface area (Å²) in [7, 11) is 1.67. The minimum atomic E-state index is 0.557. The molecule has 84 valence electrons. The Morgan fingerprint density at radius 3 is 2.88 bits per heavy atom. The highest BCUT2D eigenvalue weighted by Gasteiger charge is 2.08. The number of ether oxygens (including phenoxy) is 1. The third kappa shape index (κ3) is 2.28. The number of hydrogen-bond donors (Lipinski definition) is 0. The van der Waals surface area contributed by atoms with Gasteiger partial charge in [0.25, 0.3) is 0 Å². The molecular formula is C12H14N2OS. The van der Waals surface area contributed by atoms with Crippen molar-refractivity contribution in [1.82, 2.24) is 9.97 Å². The minimum absolute atomic E-state index is 0.557. The lowest BCUT2D eigenvalue weighted by molar-refractivity contribution is 0.182. The van der Waals surface area contributed by atoms with Gasteiger partial charge in [0.05, 0.1) is 12.3 Å². The molecule has 2 aromatic heterocycles. The van der Waals surface area contributed by atoms with E-state index in [2.05, 4.69) is 23.0 Å². The SMILES string of the molecule is COCc1csc(-c2ncc(C)cc2C)n1. The highest BCUT2D eigenvalue weighted by atomic mass is 32.1. The molecule has 0 atom stereocenters. The molecule has 16 heavy (non-hydrogen) atoms. The van der Waals surface area contributed by atoms with E-state index in [1.54, 1.807) is 18.4 Å². The van der Waals surface area contributed by atoms with Gasteiger partial charge in [-0.1, -0.05) is 6.07 Å². The van der Waals surface area contributed by atoms with Crippen LogP contribution in [0.1, 0.15) is 16.8 Å². The molecule has 0 amide bonds. The van der Waals surface area contributed by atoms with Crippen LogP contribution in [0.4, 0.5) is 0 Å². The number of rotatable bonds is 3. The lowest BCUT2D eigenvalue weighted by atomic mass is 10.2. The van der Waals surface area contributed by atoms with Gasteiger partial charge in [0, 0.05) is 18.7 Å². The number of thiazole rings is 1. The van der Waals surface area contributed by atoms with Crippen LogP contribution in [0.3, 0.4) is 0 Å². The van der Waals surface area contributed by atoms with Crippen molar-refractivity contribution in [2.24, 2.45) is 0 Å². The van der Waals surface area contributed by atoms with Crippen LogP contribution in [-0.4, -0.2) is 17.1 Å². The standard InChI is InChI=1S/C12H14N2OS/c1-8-4-9(2)11(13-5-8)12-14-10(6-15-3)7-16-12/h4-5,7H,6H2,1-3H3. The largest absolute Gasteiger partial charge is 0.378 e. The van der Waals surface area contributed by atoms with Gasteiger partial charge in [0.2, 0.25) is 0 Å². The number of nitrogens with zero attached hydrogens (tertiary/aromatic N) is 2. The smallest absolute Gasteiger partial charge is 0.142 e. The van der Waals surface area contributed by atoms with Crippen molar-refractivity contribution < 1.29 is 4.74 Å². The summed E-state index contributed by atoms with van der Waals surface area (Å²) in [5, 5.41) is 2.98. The molecule has 0 bridgehead atoms. The van der Waals surface area contributed by atoms with Gasteiger partial charge in [-0.15, -0.1) is 11.3 Å². The molecule has 4 heteroatoms. The summed E-state index contributed by atoms with van der Waals surface area (Å²) in [4.78, 5) is 8.92. The van der Waals surface area contributed by atoms with Crippen LogP contribution in [0.15, 0.2) is 17.6 Å². The van der Waals surface area contributed by atoms with E-state index in [9.17, 15) is 0 Å². The van der Waals surface area contributed by atoms with Crippen LogP contribution in [0.5, 0.6) is 0 Å². The highest BCUT2D eigenvalue weighted by molar-refractivity contribution is 7.13. The van der Waals surface area contributed by atoms with Crippen LogP contribution in [0.25, 0.3) is 10.7 Å². The van der Waals surface area contributed by atoms with E-state index >= 15 is 0 Å². The van der Waals surface area contributed by atoms with Gasteiger partial charge >= 0.3 is 0 Å². The lowest BCUT2D eigenvalue weighted by Crippen LogP contribution is -1.91. The Bertz CT molecular complexity index is 494. The van der Waals surface area contributed by atoms with Crippen LogP contribution < -0.4 is 0 Å². The molecule has 0 fully saturated rings. The zero-order valence-corrected chi connectivity index (χ0v) is 10.5. The zero-order chi connectivity index (χ0) is 11.5. The molecule has 0 aliphatic rings. The van der Waals surface area contributed by atoms with Gasteiger partial charge in [-0.25, -0.2) is 4.98 Å². The first-order valence-corrected chi connectivity index (χ1v) is 5.95. The second kappa shape index (κ2) is 4.72. The molecule has 0 spiro atoms. The topological polar surface area (TPSA) is 35.0 Å². The van der Waals surface area contributed by atoms with Gasteiger partial charge in [0.15, 0.2) is 0 Å². The van der Waals surface area contributed by atoms with E-state index in [0.29, 0.717) is 6.61 Å². The number of aryl methyl sites for hydroxylation is 2. The van der Waals surface area contributed by atoms with Gasteiger partial charge in [-0.3, -0.25) is 4.98 Å². The van der Waals surface area contributed by atoms with Crippen molar-refractivity contribution in [1.29, 1.82) is 0 Å². The third-order valence-electron chi connectivity index (χ3n) is 2.26. The Kier molecular flexibility index (Phi) is 3.31. The molecular weight excluding hydrogens is 220 g/mol. The number of aromatic nitrogens is 2. The first kappa shape index (κ1) is 11.2. The summed E-state index contributed by atoms with van der Waals surface area (Å²) in [5.41, 5.74) is 4.27. The monoisotopic (exact) mass is 234 g/mol. The summed E-state index contributed by atoms with van der Waals surface area (Å²) in [6, 6.07) is 2.12. The molecule has 0 aliphatic carbocycles. The van der Waals surface area contributed by atoms with Crippen LogP contribution >= 0.6 is 11.3 Å². The third-order valence-corrected chi connectivity index (χ3v) is 3.16. The highest BCUT2D eigenvalue weighted by Crippen LogP contribution is 2.25. The molecule has 3 nitrogen and oxygen atoms in total. The quantitative estimate of drug-likeness (QED) is 0.819. The van der Waals surface area contributed by atoms with E-state index in [0.717, 1.165) is 16.4 Å². The molecule has 0 aliphatic heterocycles. The molecule has 2 rings (SSSR count). The van der Waals surface area contributed by atoms with Gasteiger partial charge in [0.1, 0.15) is 10.7 Å². The Morgan fingerprint density at radius 2 is 2.19 bits per heavy atom. The van der Waals surface area contributed by atoms with Crippen LogP contribution in [0, 0.1) is 13.8 Å². The molecule has 0 saturated heterocycles. The van der Waals surface area contributed by atoms with Gasteiger partial charge < -0.3 is 4.74 Å². The average Bonchev–Trinajstić information content (AvgIpc) is 2.67. The second-order valence-corrected chi connectivity index (χ2v) is 4.61. The van der Waals surface area contributed by atoms with Crippen molar-refractivity contribution in [3.63, 3.8) is 0 Å². The molecule has 0 N–H and O–H groups in total. The molecule has 0 radical (unpaired) electrons. The maximum atomic E-state index is 5.05. The number of hydrogen-bond acceptors (Lipinski definition) is 4. The Hall–Kier alpha value is -1.26. The Balaban J connectivity index is 2.35. The predicted molar refractivity (Wildman–Crippen MR) is 65.5 cm³/mol. The van der Waals surface area contributed by atoms with E-state index < -0.39 is 0 Å². The zero-order valence-electron chi connectivity index (χ0n) is 9.65. The van der Waals surface area contributed by atoms with Crippen molar-refractivity contribution in [3.05, 3.63) is 34.5 Å². The van der Waals surface area contributed by atoms with E-state index in [-0.39, 0.29) is 0 Å². The number of methoxy groups -OCH3 is 1. The van der Waals surface area contributed by atoms with E-state index in [1.165, 1.54) is 11.1 Å². The molecule has 2 heterocycles. The Labute approximate surface area is 99.1 Å². The fourth-order valence-corrected chi connectivity index (χ4v) is 2.43. The summed E-state index contributed by atoms with van der Waals surface area (Å²) >= 11 is 1.61. The fourth-order valence-electron chi connectivity index (χ4n) is 1.57. The predicted octanol–water partition coefficient (Wildman–Crippen LogP) is 2.97. The Morgan fingerprint density at radius 1 is 1.38 bits per heavy atom. The summed E-state index contributed by atoms with van der Waals surface area (Å²) in [6.45, 7) is 4.66. The summed E-state index contributed by atoms with van der Waals surface area (Å²) in [6.07, 6.45) is 1.87. The fraction of sp³-hybridized carbons (Fsp3) is 0.333. The van der Waals surface area contributed by atoms with Crippen molar-refractivity contribution in [2.45, 2.75) is 20.5 Å². The number of pyridine rings is 1. The molecule has 2 aromatic rings. The van der Waals surface area contributed by atoms with Crippen molar-refractivity contribution >= 4 is 11.3 Å². The molecule has 0 aromatic carbocycles. The average molecular weight is 234 g/mol. The van der Waals surface area contributed by atoms with Crippen LogP contribution in [0.2, 0.25) is 0 Å². The second-order valence-electron chi connectivity index (χ2n) is 3.76.